The molecule has 0 radical (unpaired) electrons. The van der Waals surface area contributed by atoms with E-state index in [1.807, 2.05) is 6.07 Å². The number of aliphatic hydroxyl groups excluding tert-OH is 1. The molecule has 4 rings (SSSR count). The van der Waals surface area contributed by atoms with E-state index >= 15 is 4.39 Å². The molecule has 0 spiro atoms. The minimum Gasteiger partial charge on any atom is -0.462 e. The van der Waals surface area contributed by atoms with Crippen LogP contribution in [-0.2, 0) is 23.4 Å². The number of rotatable bonds is 11. The van der Waals surface area contributed by atoms with E-state index in [0.717, 1.165) is 17.6 Å². The zero-order valence-electron chi connectivity index (χ0n) is 22.7. The number of carbonyl (C=O) groups excluding carboxylic acids is 1. The molecule has 3 aromatic rings. The number of nitrogens with two attached hydrogens (primary N) is 1. The van der Waals surface area contributed by atoms with E-state index in [1.54, 1.807) is 38.1 Å². The number of halogens is 3. The van der Waals surface area contributed by atoms with Gasteiger partial charge in [-0.1, -0.05) is 30.3 Å². The van der Waals surface area contributed by atoms with Crippen molar-refractivity contribution in [3.05, 3.63) is 65.2 Å². The second kappa shape index (κ2) is 12.4. The smallest absolute Gasteiger partial charge is 0.459 e. The van der Waals surface area contributed by atoms with E-state index in [9.17, 15) is 28.0 Å². The molecule has 0 aliphatic carbocycles. The molecule has 1 aliphatic rings. The normalized spacial score (nSPS) is 24.5. The van der Waals surface area contributed by atoms with Crippen LogP contribution in [0.15, 0.2) is 59.5 Å². The molecule has 1 saturated heterocycles. The SMILES string of the molecule is CC(C)OC(=O)[C@H](C)NP(=O)(OC[C@@]1(C(F)F)O[C@@H](n2ccc(N)nc2=O)[C@H](O)[C@H]1F)Oc1ccc2ccccc2c1. The van der Waals surface area contributed by atoms with E-state index in [-0.39, 0.29) is 11.6 Å². The Morgan fingerprint density at radius 2 is 1.90 bits per heavy atom. The summed E-state index contributed by atoms with van der Waals surface area (Å²) in [5.41, 5.74) is 1.13. The first-order valence-electron chi connectivity index (χ1n) is 12.8. The van der Waals surface area contributed by atoms with Crippen molar-refractivity contribution in [2.24, 2.45) is 0 Å². The molecule has 1 aromatic heterocycles. The van der Waals surface area contributed by atoms with Crippen LogP contribution in [0.4, 0.5) is 19.0 Å². The van der Waals surface area contributed by atoms with Gasteiger partial charge < -0.3 is 24.8 Å². The molecule has 0 saturated carbocycles. The summed E-state index contributed by atoms with van der Waals surface area (Å²) in [4.78, 5) is 28.1. The van der Waals surface area contributed by atoms with Crippen molar-refractivity contribution < 1.29 is 46.2 Å². The van der Waals surface area contributed by atoms with Crippen molar-refractivity contribution in [2.45, 2.75) is 63.4 Å². The number of nitrogens with zero attached hydrogens (tertiary/aromatic N) is 2. The Morgan fingerprint density at radius 3 is 2.55 bits per heavy atom. The van der Waals surface area contributed by atoms with Gasteiger partial charge in [0.1, 0.15) is 23.7 Å². The molecule has 6 atom stereocenters. The first kappa shape index (κ1) is 31.4. The molecule has 228 valence electrons. The number of aliphatic hydroxyl groups is 1. The maximum Gasteiger partial charge on any atom is 0.459 e. The highest BCUT2D eigenvalue weighted by Gasteiger charge is 2.63. The molecule has 16 heteroatoms. The van der Waals surface area contributed by atoms with Gasteiger partial charge >= 0.3 is 19.4 Å². The quantitative estimate of drug-likeness (QED) is 0.214. The lowest BCUT2D eigenvalue weighted by Crippen LogP contribution is -2.51. The van der Waals surface area contributed by atoms with Crippen molar-refractivity contribution >= 4 is 30.3 Å². The highest BCUT2D eigenvalue weighted by Crippen LogP contribution is 2.50. The molecule has 2 heterocycles. The summed E-state index contributed by atoms with van der Waals surface area (Å²) in [5, 5.41) is 14.3. The summed E-state index contributed by atoms with van der Waals surface area (Å²) in [6.45, 7) is 3.01. The Bertz CT molecular complexity index is 1540. The van der Waals surface area contributed by atoms with Gasteiger partial charge in [0.15, 0.2) is 18.0 Å². The Balaban J connectivity index is 1.65. The van der Waals surface area contributed by atoms with Gasteiger partial charge in [0.25, 0.3) is 6.43 Å². The maximum absolute atomic E-state index is 15.4. The number of nitrogen functional groups attached to an aromatic ring is 1. The third-order valence-electron chi connectivity index (χ3n) is 6.36. The van der Waals surface area contributed by atoms with Crippen molar-refractivity contribution in [2.75, 3.05) is 12.3 Å². The zero-order chi connectivity index (χ0) is 30.8. The van der Waals surface area contributed by atoms with Crippen molar-refractivity contribution in [1.29, 1.82) is 0 Å². The largest absolute Gasteiger partial charge is 0.462 e. The van der Waals surface area contributed by atoms with Crippen LogP contribution in [0.1, 0.15) is 27.0 Å². The average Bonchev–Trinajstić information content (AvgIpc) is 3.17. The molecule has 1 unspecified atom stereocenters. The number of nitrogens with one attached hydrogen (secondary N) is 1. The third kappa shape index (κ3) is 6.60. The number of carbonyl (C=O) groups is 1. The number of alkyl halides is 3. The van der Waals surface area contributed by atoms with Gasteiger partial charge in [0, 0.05) is 6.20 Å². The number of benzene rings is 2. The molecule has 12 nitrogen and oxygen atoms in total. The highest BCUT2D eigenvalue weighted by atomic mass is 31.2. The summed E-state index contributed by atoms with van der Waals surface area (Å²) in [7, 11) is -4.77. The molecular weight excluding hydrogens is 584 g/mol. The number of esters is 1. The second-order valence-electron chi connectivity index (χ2n) is 9.91. The Labute approximate surface area is 238 Å². The van der Waals surface area contributed by atoms with Gasteiger partial charge in [-0.05, 0) is 49.7 Å². The second-order valence-corrected chi connectivity index (χ2v) is 11.6. The summed E-state index contributed by atoms with van der Waals surface area (Å²) in [6, 6.07) is 11.5. The van der Waals surface area contributed by atoms with E-state index in [4.69, 9.17) is 24.3 Å². The van der Waals surface area contributed by atoms with Gasteiger partial charge in [0.2, 0.25) is 0 Å². The van der Waals surface area contributed by atoms with Gasteiger partial charge in [-0.15, -0.1) is 0 Å². The minimum absolute atomic E-state index is 0.0263. The number of hydrogen-bond donors (Lipinski definition) is 3. The summed E-state index contributed by atoms with van der Waals surface area (Å²) in [6.07, 6.45) is -10.3. The molecule has 42 heavy (non-hydrogen) atoms. The lowest BCUT2D eigenvalue weighted by Gasteiger charge is -2.31. The molecule has 0 bridgehead atoms. The van der Waals surface area contributed by atoms with Crippen LogP contribution in [0, 0.1) is 0 Å². The number of aromatic nitrogens is 2. The van der Waals surface area contributed by atoms with E-state index < -0.39 is 68.7 Å². The van der Waals surface area contributed by atoms with Gasteiger partial charge in [-0.25, -0.2) is 22.5 Å². The van der Waals surface area contributed by atoms with Crippen LogP contribution in [-0.4, -0.2) is 63.7 Å². The molecule has 2 aromatic carbocycles. The lowest BCUT2D eigenvalue weighted by molar-refractivity contribution is -0.183. The lowest BCUT2D eigenvalue weighted by atomic mass is 9.98. The van der Waals surface area contributed by atoms with Crippen LogP contribution in [0.5, 0.6) is 5.75 Å². The van der Waals surface area contributed by atoms with E-state index in [2.05, 4.69) is 10.1 Å². The molecule has 1 fully saturated rings. The van der Waals surface area contributed by atoms with Crippen LogP contribution in [0.2, 0.25) is 0 Å². The van der Waals surface area contributed by atoms with Gasteiger partial charge in [-0.2, -0.15) is 10.1 Å². The number of ether oxygens (including phenoxy) is 2. The Hall–Kier alpha value is -3.49. The monoisotopic (exact) mass is 614 g/mol. The fourth-order valence-corrected chi connectivity index (χ4v) is 5.77. The minimum atomic E-state index is -4.77. The fraction of sp³-hybridized carbons (Fsp3) is 0.423. The molecule has 1 aliphatic heterocycles. The molecule has 4 N–H and O–H groups in total. The predicted molar refractivity (Wildman–Crippen MR) is 145 cm³/mol. The van der Waals surface area contributed by atoms with Crippen molar-refractivity contribution in [1.82, 2.24) is 14.6 Å². The maximum atomic E-state index is 15.4. The fourth-order valence-electron chi connectivity index (χ4n) is 4.25. The standard InChI is InChI=1S/C26H30F3N4O8P/c1-14(2)39-23(35)15(3)32-42(37,41-18-9-8-16-6-4-5-7-17(16)12-18)38-13-26(24(28)29)21(27)20(34)22(40-26)33-11-10-19(30)31-25(33)36/h4-12,14-15,20-22,24,34H,13H2,1-3H3,(H,32,37)(H2,30,31,36)/t15-,20+,21+,22+,26+,42?/m0/s1. The summed E-state index contributed by atoms with van der Waals surface area (Å²) in [5.74, 6) is -1.08. The Morgan fingerprint density at radius 1 is 1.21 bits per heavy atom. The Kier molecular flexibility index (Phi) is 9.28. The third-order valence-corrected chi connectivity index (χ3v) is 7.98. The first-order chi connectivity index (χ1) is 19.7. The van der Waals surface area contributed by atoms with Crippen molar-refractivity contribution in [3.8, 4) is 5.75 Å². The van der Waals surface area contributed by atoms with Crippen LogP contribution in [0.3, 0.4) is 0 Å². The zero-order valence-corrected chi connectivity index (χ0v) is 23.6. The van der Waals surface area contributed by atoms with Crippen LogP contribution < -0.4 is 21.0 Å². The summed E-state index contributed by atoms with van der Waals surface area (Å²) < 4.78 is 80.1. The van der Waals surface area contributed by atoms with Gasteiger partial charge in [0.05, 0.1) is 12.7 Å². The predicted octanol–water partition coefficient (Wildman–Crippen LogP) is 3.34. The first-order valence-corrected chi connectivity index (χ1v) is 14.3. The molecule has 0 amide bonds. The highest BCUT2D eigenvalue weighted by molar-refractivity contribution is 7.52. The average molecular weight is 615 g/mol. The van der Waals surface area contributed by atoms with Crippen molar-refractivity contribution in [3.63, 3.8) is 0 Å². The van der Waals surface area contributed by atoms with Crippen LogP contribution >= 0.6 is 7.75 Å². The number of fused-ring (bicyclic) bond motifs is 1. The number of hydrogen-bond acceptors (Lipinski definition) is 10. The van der Waals surface area contributed by atoms with Gasteiger partial charge in [-0.3, -0.25) is 13.9 Å². The topological polar surface area (TPSA) is 164 Å². The van der Waals surface area contributed by atoms with Crippen LogP contribution in [0.25, 0.3) is 10.8 Å². The molecular formula is C26H30F3N4O8P. The summed E-state index contributed by atoms with van der Waals surface area (Å²) >= 11 is 0. The number of anilines is 1. The van der Waals surface area contributed by atoms with E-state index in [1.165, 1.54) is 19.1 Å². The van der Waals surface area contributed by atoms with E-state index in [0.29, 0.717) is 9.95 Å².